The summed E-state index contributed by atoms with van der Waals surface area (Å²) in [5.74, 6) is 0. The molecule has 62 valence electrons. The molecule has 1 fully saturated rings. The van der Waals surface area contributed by atoms with E-state index in [1.807, 2.05) is 0 Å². The largest absolute Gasteiger partial charge is 0.400 e. The third-order valence-corrected chi connectivity index (χ3v) is 1.52. The molecule has 0 aromatic heterocycles. The first-order valence-corrected chi connectivity index (χ1v) is 3.25. The molecule has 4 N–H and O–H groups in total. The minimum atomic E-state index is -0.819. The predicted octanol–water partition coefficient (Wildman–Crippen LogP) is -1.69. The summed E-state index contributed by atoms with van der Waals surface area (Å²) in [6.45, 7) is 1.22. The van der Waals surface area contributed by atoms with Gasteiger partial charge in [0, 0.05) is 13.7 Å². The zero-order valence-corrected chi connectivity index (χ0v) is 6.17. The Kier molecular flexibility index (Phi) is 4.55. The molecule has 0 amide bonds. The number of rotatable bonds is 1. The number of hydrogen-bond acceptors (Lipinski definition) is 4. The second-order valence-electron chi connectivity index (χ2n) is 2.31. The normalized spacial score (nSPS) is 31.2. The van der Waals surface area contributed by atoms with Crippen LogP contribution in [0.2, 0.25) is 0 Å². The molecule has 1 rings (SSSR count). The maximum atomic E-state index is 9.19. The highest BCUT2D eigenvalue weighted by molar-refractivity contribution is 4.86. The van der Waals surface area contributed by atoms with Crippen molar-refractivity contribution in [3.63, 3.8) is 0 Å². The van der Waals surface area contributed by atoms with E-state index >= 15 is 0 Å². The summed E-state index contributed by atoms with van der Waals surface area (Å²) in [4.78, 5) is 0. The smallest absolute Gasteiger partial charge is 0.101 e. The molecule has 0 aromatic carbocycles. The van der Waals surface area contributed by atoms with E-state index in [9.17, 15) is 5.11 Å². The van der Waals surface area contributed by atoms with Crippen LogP contribution in [0.4, 0.5) is 0 Å². The van der Waals surface area contributed by atoms with Gasteiger partial charge in [0.1, 0.15) is 5.60 Å². The molecule has 1 aliphatic heterocycles. The van der Waals surface area contributed by atoms with Gasteiger partial charge in [0.25, 0.3) is 0 Å². The first-order chi connectivity index (χ1) is 4.77. The van der Waals surface area contributed by atoms with E-state index in [0.29, 0.717) is 13.0 Å². The Morgan fingerprint density at radius 3 is 2.30 bits per heavy atom. The SMILES string of the molecule is CO.OC[C@@]1(O)CCNC1. The molecule has 4 nitrogen and oxygen atoms in total. The fourth-order valence-corrected chi connectivity index (χ4v) is 0.865. The highest BCUT2D eigenvalue weighted by Gasteiger charge is 2.29. The molecule has 1 saturated heterocycles. The minimum Gasteiger partial charge on any atom is -0.400 e. The summed E-state index contributed by atoms with van der Waals surface area (Å²) in [6, 6.07) is 0. The molecule has 1 heterocycles. The van der Waals surface area contributed by atoms with Crippen LogP contribution in [0.15, 0.2) is 0 Å². The van der Waals surface area contributed by atoms with Crippen molar-refractivity contribution in [3.05, 3.63) is 0 Å². The second kappa shape index (κ2) is 4.62. The lowest BCUT2D eigenvalue weighted by molar-refractivity contribution is 0.00330. The van der Waals surface area contributed by atoms with E-state index in [1.54, 1.807) is 0 Å². The zero-order valence-electron chi connectivity index (χ0n) is 6.17. The van der Waals surface area contributed by atoms with Gasteiger partial charge in [0.05, 0.1) is 6.61 Å². The first kappa shape index (κ1) is 9.84. The zero-order chi connectivity index (χ0) is 8.04. The summed E-state index contributed by atoms with van der Waals surface area (Å²) in [5, 5.41) is 27.7. The van der Waals surface area contributed by atoms with Crippen molar-refractivity contribution in [1.29, 1.82) is 0 Å². The second-order valence-corrected chi connectivity index (χ2v) is 2.31. The van der Waals surface area contributed by atoms with Gasteiger partial charge in [-0.15, -0.1) is 0 Å². The number of β-amino-alcohol motifs (C(OH)–C–C–N with tert-alkyl or cyclic N) is 1. The highest BCUT2D eigenvalue weighted by atomic mass is 16.3. The summed E-state index contributed by atoms with van der Waals surface area (Å²) < 4.78 is 0. The van der Waals surface area contributed by atoms with Crippen molar-refractivity contribution < 1.29 is 15.3 Å². The Labute approximate surface area is 60.5 Å². The van der Waals surface area contributed by atoms with Crippen molar-refractivity contribution in [2.75, 3.05) is 26.8 Å². The molecule has 1 aliphatic rings. The van der Waals surface area contributed by atoms with Gasteiger partial charge in [-0.25, -0.2) is 0 Å². The van der Waals surface area contributed by atoms with E-state index in [2.05, 4.69) is 5.32 Å². The van der Waals surface area contributed by atoms with Crippen molar-refractivity contribution in [1.82, 2.24) is 5.32 Å². The molecule has 0 saturated carbocycles. The van der Waals surface area contributed by atoms with Crippen LogP contribution in [0.5, 0.6) is 0 Å². The molecule has 0 radical (unpaired) electrons. The molecule has 10 heavy (non-hydrogen) atoms. The van der Waals surface area contributed by atoms with Gasteiger partial charge in [0.15, 0.2) is 0 Å². The topological polar surface area (TPSA) is 72.7 Å². The van der Waals surface area contributed by atoms with E-state index in [4.69, 9.17) is 10.2 Å². The van der Waals surface area contributed by atoms with Gasteiger partial charge in [-0.05, 0) is 13.0 Å². The molecule has 0 unspecified atom stereocenters. The van der Waals surface area contributed by atoms with Crippen LogP contribution in [-0.2, 0) is 0 Å². The number of aliphatic hydroxyl groups excluding tert-OH is 2. The third kappa shape index (κ3) is 2.62. The monoisotopic (exact) mass is 149 g/mol. The van der Waals surface area contributed by atoms with E-state index in [1.165, 1.54) is 0 Å². The maximum absolute atomic E-state index is 9.19. The molecule has 0 aromatic rings. The molecule has 4 heteroatoms. The third-order valence-electron chi connectivity index (χ3n) is 1.52. The fraction of sp³-hybridized carbons (Fsp3) is 1.00. The summed E-state index contributed by atoms with van der Waals surface area (Å²) >= 11 is 0. The maximum Gasteiger partial charge on any atom is 0.101 e. The number of aliphatic hydroxyl groups is 3. The molecule has 0 aliphatic carbocycles. The molecular weight excluding hydrogens is 134 g/mol. The van der Waals surface area contributed by atoms with Crippen LogP contribution in [0.3, 0.4) is 0 Å². The lowest BCUT2D eigenvalue weighted by Gasteiger charge is -2.16. The van der Waals surface area contributed by atoms with Crippen LogP contribution in [0.1, 0.15) is 6.42 Å². The fourth-order valence-electron chi connectivity index (χ4n) is 0.865. The van der Waals surface area contributed by atoms with E-state index < -0.39 is 5.60 Å². The van der Waals surface area contributed by atoms with Crippen molar-refractivity contribution in [2.45, 2.75) is 12.0 Å². The van der Waals surface area contributed by atoms with Crippen molar-refractivity contribution in [3.8, 4) is 0 Å². The predicted molar refractivity (Wildman–Crippen MR) is 37.7 cm³/mol. The molecule has 0 bridgehead atoms. The Hall–Kier alpha value is -0.160. The van der Waals surface area contributed by atoms with E-state index in [0.717, 1.165) is 13.7 Å². The van der Waals surface area contributed by atoms with Crippen molar-refractivity contribution in [2.24, 2.45) is 0 Å². The Bertz CT molecular complexity index is 81.1. The lowest BCUT2D eigenvalue weighted by atomic mass is 10.1. The Morgan fingerprint density at radius 2 is 2.10 bits per heavy atom. The average molecular weight is 149 g/mol. The van der Waals surface area contributed by atoms with Gasteiger partial charge in [0.2, 0.25) is 0 Å². The van der Waals surface area contributed by atoms with Crippen molar-refractivity contribution >= 4 is 0 Å². The average Bonchev–Trinajstić information content (AvgIpc) is 2.42. The Balaban J connectivity index is 0.000000371. The van der Waals surface area contributed by atoms with Gasteiger partial charge in [-0.3, -0.25) is 0 Å². The van der Waals surface area contributed by atoms with Gasteiger partial charge in [-0.1, -0.05) is 0 Å². The Morgan fingerprint density at radius 1 is 1.50 bits per heavy atom. The first-order valence-electron chi connectivity index (χ1n) is 3.25. The standard InChI is InChI=1S/C5H11NO2.CH4O/c7-4-5(8)1-2-6-3-5;1-2/h6-8H,1-4H2;2H,1H3/t5-;/m1./s1. The van der Waals surface area contributed by atoms with Gasteiger partial charge < -0.3 is 20.6 Å². The number of hydrogen-bond donors (Lipinski definition) is 4. The molecule has 1 atom stereocenters. The lowest BCUT2D eigenvalue weighted by Crippen LogP contribution is -2.35. The summed E-state index contributed by atoms with van der Waals surface area (Å²) in [5.41, 5.74) is -0.819. The van der Waals surface area contributed by atoms with Crippen LogP contribution >= 0.6 is 0 Å². The summed E-state index contributed by atoms with van der Waals surface area (Å²) in [7, 11) is 1.00. The van der Waals surface area contributed by atoms with Gasteiger partial charge in [-0.2, -0.15) is 0 Å². The van der Waals surface area contributed by atoms with Gasteiger partial charge >= 0.3 is 0 Å². The van der Waals surface area contributed by atoms with Crippen LogP contribution < -0.4 is 5.32 Å². The molecule has 0 spiro atoms. The number of nitrogens with one attached hydrogen (secondary N) is 1. The van der Waals surface area contributed by atoms with Crippen LogP contribution in [0.25, 0.3) is 0 Å². The highest BCUT2D eigenvalue weighted by Crippen LogP contribution is 2.11. The van der Waals surface area contributed by atoms with E-state index in [-0.39, 0.29) is 6.61 Å². The summed E-state index contributed by atoms with van der Waals surface area (Å²) in [6.07, 6.45) is 0.670. The molecular formula is C6H15NO3. The minimum absolute atomic E-state index is 0.125. The van der Waals surface area contributed by atoms with Crippen LogP contribution in [-0.4, -0.2) is 47.7 Å². The quantitative estimate of drug-likeness (QED) is 0.359. The van der Waals surface area contributed by atoms with Crippen LogP contribution in [0, 0.1) is 0 Å².